The van der Waals surface area contributed by atoms with E-state index in [1.54, 1.807) is 0 Å². The molecule has 3 aliphatic carbocycles. The molecule has 0 bridgehead atoms. The van der Waals surface area contributed by atoms with Gasteiger partial charge in [0.25, 0.3) is 0 Å². The number of pyridine rings is 1. The molecule has 1 saturated carbocycles. The van der Waals surface area contributed by atoms with Gasteiger partial charge in [0.15, 0.2) is 0 Å². The third-order valence-electron chi connectivity index (χ3n) is 10.2. The first-order chi connectivity index (χ1) is 19.8. The van der Waals surface area contributed by atoms with E-state index in [0.717, 1.165) is 50.0 Å². The quantitative estimate of drug-likeness (QED) is 0.287. The van der Waals surface area contributed by atoms with E-state index >= 15 is 0 Å². The number of carboxylic acid groups (broad SMARTS) is 1. The number of fused-ring (bicyclic) bond motifs is 3. The molecule has 6 heteroatoms. The number of hydrogen-bond acceptors (Lipinski definition) is 4. The van der Waals surface area contributed by atoms with Gasteiger partial charge < -0.3 is 15.2 Å². The van der Waals surface area contributed by atoms with E-state index in [9.17, 15) is 9.90 Å². The summed E-state index contributed by atoms with van der Waals surface area (Å²) in [5, 5.41) is 14.4. The maximum absolute atomic E-state index is 12.7. The summed E-state index contributed by atoms with van der Waals surface area (Å²) in [7, 11) is 0. The van der Waals surface area contributed by atoms with Crippen LogP contribution in [0.25, 0.3) is 0 Å². The summed E-state index contributed by atoms with van der Waals surface area (Å²) in [6.45, 7) is 5.30. The highest BCUT2D eigenvalue weighted by Gasteiger charge is 2.54. The lowest BCUT2D eigenvalue weighted by Crippen LogP contribution is -2.53. The van der Waals surface area contributed by atoms with Crippen LogP contribution in [-0.2, 0) is 29.5 Å². The molecule has 2 N–H and O–H groups in total. The van der Waals surface area contributed by atoms with Gasteiger partial charge in [0, 0.05) is 28.2 Å². The van der Waals surface area contributed by atoms with Crippen LogP contribution in [0.1, 0.15) is 74.8 Å². The van der Waals surface area contributed by atoms with E-state index in [-0.39, 0.29) is 5.41 Å². The van der Waals surface area contributed by atoms with Crippen molar-refractivity contribution in [3.63, 3.8) is 0 Å². The number of carboxylic acids is 1. The van der Waals surface area contributed by atoms with Gasteiger partial charge in [0.05, 0.1) is 6.61 Å². The number of aliphatic carboxylic acids is 1. The number of halogens is 1. The number of carbonyl (C=O) groups is 1. The monoisotopic (exact) mass is 572 g/mol. The Labute approximate surface area is 248 Å². The Hall–Kier alpha value is -3.05. The van der Waals surface area contributed by atoms with E-state index < -0.39 is 11.5 Å². The van der Waals surface area contributed by atoms with Gasteiger partial charge in [-0.3, -0.25) is 4.98 Å². The van der Waals surface area contributed by atoms with Gasteiger partial charge in [-0.1, -0.05) is 55.8 Å². The minimum atomic E-state index is -0.996. The van der Waals surface area contributed by atoms with E-state index in [0.29, 0.717) is 42.2 Å². The highest BCUT2D eigenvalue weighted by molar-refractivity contribution is 6.30. The number of aryl methyl sites for hydroxylation is 1. The van der Waals surface area contributed by atoms with Gasteiger partial charge in [0.1, 0.15) is 11.3 Å². The summed E-state index contributed by atoms with van der Waals surface area (Å²) >= 11 is 6.21. The molecule has 6 rings (SSSR count). The minimum absolute atomic E-state index is 0.00885. The topological polar surface area (TPSA) is 71.5 Å². The number of nitrogens with zero attached hydrogens (tertiary/aromatic N) is 1. The summed E-state index contributed by atoms with van der Waals surface area (Å²) < 4.78 is 6.48. The number of aromatic nitrogens is 1. The van der Waals surface area contributed by atoms with Gasteiger partial charge in [-0.05, 0) is 116 Å². The Balaban J connectivity index is 1.18. The molecule has 1 heterocycles. The summed E-state index contributed by atoms with van der Waals surface area (Å²) in [5.41, 5.74) is 5.11. The van der Waals surface area contributed by atoms with Crippen LogP contribution in [0.4, 0.5) is 5.69 Å². The van der Waals surface area contributed by atoms with Gasteiger partial charge in [0.2, 0.25) is 0 Å². The van der Waals surface area contributed by atoms with E-state index in [1.807, 2.05) is 36.5 Å². The average molecular weight is 573 g/mol. The second-order valence-electron chi connectivity index (χ2n) is 13.0. The molecular formula is C35H41ClN2O3. The van der Waals surface area contributed by atoms with Crippen LogP contribution in [0, 0.1) is 17.8 Å². The number of ether oxygens (including phenoxy) is 1. The largest absolute Gasteiger partial charge is 0.493 e. The van der Waals surface area contributed by atoms with Crippen molar-refractivity contribution >= 4 is 23.3 Å². The number of anilines is 1. The van der Waals surface area contributed by atoms with Crippen LogP contribution < -0.4 is 10.1 Å². The predicted octanol–water partition coefficient (Wildman–Crippen LogP) is 7.88. The second-order valence-corrected chi connectivity index (χ2v) is 13.4. The van der Waals surface area contributed by atoms with Crippen molar-refractivity contribution < 1.29 is 14.6 Å². The van der Waals surface area contributed by atoms with E-state index in [4.69, 9.17) is 16.3 Å². The van der Waals surface area contributed by atoms with Crippen molar-refractivity contribution in [1.29, 1.82) is 0 Å². The van der Waals surface area contributed by atoms with Crippen molar-refractivity contribution in [2.75, 3.05) is 11.9 Å². The van der Waals surface area contributed by atoms with Crippen LogP contribution >= 0.6 is 11.6 Å². The zero-order valence-corrected chi connectivity index (χ0v) is 24.9. The molecule has 2 aromatic carbocycles. The van der Waals surface area contributed by atoms with Gasteiger partial charge in [-0.2, -0.15) is 0 Å². The second kappa shape index (κ2) is 11.3. The fourth-order valence-electron chi connectivity index (χ4n) is 7.91. The van der Waals surface area contributed by atoms with Crippen molar-refractivity contribution in [3.05, 3.63) is 88.2 Å². The Bertz CT molecular complexity index is 1410. The minimum Gasteiger partial charge on any atom is -0.493 e. The average Bonchev–Trinajstić information content (AvgIpc) is 3.25. The smallest absolute Gasteiger partial charge is 0.329 e. The highest BCUT2D eigenvalue weighted by Crippen LogP contribution is 2.56. The van der Waals surface area contributed by atoms with Crippen LogP contribution in [0.5, 0.6) is 5.75 Å². The molecular weight excluding hydrogens is 532 g/mol. The number of rotatable bonds is 8. The van der Waals surface area contributed by atoms with Crippen molar-refractivity contribution in [2.45, 2.75) is 82.6 Å². The molecule has 3 aliphatic rings. The molecule has 1 fully saturated rings. The zero-order valence-electron chi connectivity index (χ0n) is 24.2. The van der Waals surface area contributed by atoms with Crippen molar-refractivity contribution in [1.82, 2.24) is 4.98 Å². The number of nitrogens with one attached hydrogen (secondary N) is 1. The SMILES string of the molecule is CC1CCc2nccc(OC[C@H](C)CC3Cc4ccccc4C34CCC(Nc3cccc(Cl)c3)(C(=O)O)CC4)c2C1. The summed E-state index contributed by atoms with van der Waals surface area (Å²) in [5.74, 6) is 1.73. The Morgan fingerprint density at radius 3 is 2.71 bits per heavy atom. The third-order valence-corrected chi connectivity index (χ3v) is 10.4. The van der Waals surface area contributed by atoms with E-state index in [2.05, 4.69) is 48.4 Å². The van der Waals surface area contributed by atoms with Gasteiger partial charge >= 0.3 is 5.97 Å². The molecule has 5 nitrogen and oxygen atoms in total. The molecule has 1 spiro atoms. The Morgan fingerprint density at radius 1 is 1.12 bits per heavy atom. The lowest BCUT2D eigenvalue weighted by molar-refractivity contribution is -0.144. The number of hydrogen-bond donors (Lipinski definition) is 2. The lowest BCUT2D eigenvalue weighted by atomic mass is 9.59. The predicted molar refractivity (Wildman–Crippen MR) is 164 cm³/mol. The maximum Gasteiger partial charge on any atom is 0.329 e. The molecule has 0 radical (unpaired) electrons. The Kier molecular flexibility index (Phi) is 7.76. The van der Waals surface area contributed by atoms with Gasteiger partial charge in [-0.25, -0.2) is 4.79 Å². The normalized spacial score (nSPS) is 27.6. The molecule has 0 amide bonds. The van der Waals surface area contributed by atoms with Gasteiger partial charge in [-0.15, -0.1) is 0 Å². The summed E-state index contributed by atoms with van der Waals surface area (Å²) in [6, 6.07) is 18.3. The van der Waals surface area contributed by atoms with Crippen molar-refractivity contribution in [2.24, 2.45) is 17.8 Å². The zero-order chi connectivity index (χ0) is 28.6. The molecule has 1 aromatic heterocycles. The molecule has 216 valence electrons. The van der Waals surface area contributed by atoms with Crippen molar-refractivity contribution in [3.8, 4) is 5.75 Å². The summed E-state index contributed by atoms with van der Waals surface area (Å²) in [6.07, 6.45) is 10.1. The molecule has 0 aliphatic heterocycles. The fourth-order valence-corrected chi connectivity index (χ4v) is 8.10. The van der Waals surface area contributed by atoms with Crippen LogP contribution in [0.3, 0.4) is 0 Å². The highest BCUT2D eigenvalue weighted by atomic mass is 35.5. The van der Waals surface area contributed by atoms with Crippen LogP contribution in [0.2, 0.25) is 5.02 Å². The molecule has 2 unspecified atom stereocenters. The number of benzene rings is 2. The lowest BCUT2D eigenvalue weighted by Gasteiger charge is -2.47. The molecule has 3 aromatic rings. The first-order valence-corrected chi connectivity index (χ1v) is 15.6. The standard InChI is InChI=1S/C35H41ClN2O3/c1-23-10-11-31-29(19-23)32(12-17-37-31)41-22-24(2)18-26-20-25-6-3-4-9-30(25)34(26)13-15-35(16-14-34,33(39)40)38-28-8-5-7-27(36)21-28/h3-9,12,17,21,23-24,26,38H,10-11,13-16,18-20,22H2,1-2H3,(H,39,40)/t23?,24-,26?,34?,35?/m1/s1. The fraction of sp³-hybridized carbons (Fsp3) is 0.486. The Morgan fingerprint density at radius 2 is 1.93 bits per heavy atom. The summed E-state index contributed by atoms with van der Waals surface area (Å²) in [4.78, 5) is 17.3. The first kappa shape index (κ1) is 28.1. The molecule has 0 saturated heterocycles. The van der Waals surface area contributed by atoms with E-state index in [1.165, 1.54) is 28.8 Å². The van der Waals surface area contributed by atoms with Crippen LogP contribution in [-0.4, -0.2) is 28.2 Å². The third kappa shape index (κ3) is 5.46. The molecule has 41 heavy (non-hydrogen) atoms. The molecule has 3 atom stereocenters. The first-order valence-electron chi connectivity index (χ1n) is 15.2. The van der Waals surface area contributed by atoms with Crippen LogP contribution in [0.15, 0.2) is 60.8 Å². The maximum atomic E-state index is 12.7.